The van der Waals surface area contributed by atoms with Gasteiger partial charge in [-0.25, -0.2) is 4.21 Å². The van der Waals surface area contributed by atoms with Crippen LogP contribution in [0.4, 0.5) is 0 Å². The minimum Gasteiger partial charge on any atom is -0.494 e. The van der Waals surface area contributed by atoms with Crippen molar-refractivity contribution < 1.29 is 23.2 Å². The fourth-order valence-corrected chi connectivity index (χ4v) is 11.3. The van der Waals surface area contributed by atoms with Gasteiger partial charge >= 0.3 is 0 Å². The fourth-order valence-electron chi connectivity index (χ4n) is 6.05. The lowest BCUT2D eigenvalue weighted by atomic mass is 9.87. The predicted octanol–water partition coefficient (Wildman–Crippen LogP) is 12.8. The zero-order valence-corrected chi connectivity index (χ0v) is 37.6. The van der Waals surface area contributed by atoms with Crippen LogP contribution in [-0.2, 0) is 32.5 Å². The minimum absolute atomic E-state index is 0.149. The van der Waals surface area contributed by atoms with E-state index in [1.54, 1.807) is 63.7 Å². The molecule has 0 fully saturated rings. The minimum atomic E-state index is -1.68. The summed E-state index contributed by atoms with van der Waals surface area (Å²) < 4.78 is 40.4. The SMILES string of the molecule is COc1c2cc(C(C)(C)C)cc1Sc1cc(C(C)(C)C)cc(c1OC)S(=O)c1cc(C(C)(C)C)cc(c1OC)Sc1cc(C(C)(C)C)cc(c1OC)S2. The number of rotatable bonds is 4. The molecule has 0 amide bonds. The summed E-state index contributed by atoms with van der Waals surface area (Å²) in [5, 5.41) is 0. The molecule has 0 saturated carbocycles. The van der Waals surface area contributed by atoms with E-state index in [2.05, 4.69) is 119 Å². The van der Waals surface area contributed by atoms with Gasteiger partial charge < -0.3 is 18.9 Å². The van der Waals surface area contributed by atoms with E-state index < -0.39 is 10.8 Å². The second kappa shape index (κ2) is 15.1. The predicted molar refractivity (Wildman–Crippen MR) is 224 cm³/mol. The van der Waals surface area contributed by atoms with Crippen LogP contribution in [0.5, 0.6) is 23.0 Å². The van der Waals surface area contributed by atoms with Crippen molar-refractivity contribution in [1.82, 2.24) is 0 Å². The third-order valence-corrected chi connectivity index (χ3v) is 14.0. The maximum atomic E-state index is 15.3. The third-order valence-electron chi connectivity index (χ3n) is 9.42. The van der Waals surface area contributed by atoms with Gasteiger partial charge in [-0.1, -0.05) is 118 Å². The number of hydrogen-bond acceptors (Lipinski definition) is 8. The zero-order valence-electron chi connectivity index (χ0n) is 34.3. The van der Waals surface area contributed by atoms with Gasteiger partial charge in [0, 0.05) is 0 Å². The summed E-state index contributed by atoms with van der Waals surface area (Å²) in [6.45, 7) is 26.5. The molecule has 5 rings (SSSR count). The lowest BCUT2D eigenvalue weighted by Crippen LogP contribution is -2.15. The molecule has 1 heterocycles. The molecule has 286 valence electrons. The standard InChI is InChI=1S/C44H56O5S4/c1-41(2,3)25-17-29-37(46-13)31(19-25)51-33-21-27(43(7,8)9)23-35(39(33)48-15)53(45)36-24-28(44(10,11)12)22-34(40(36)49-16)52-32-20-26(42(4,5)6)18-30(50-29)38(32)47-14/h17-24H,1-16H3. The molecular formula is C44H56O5S4. The van der Waals surface area contributed by atoms with Crippen LogP contribution in [0.25, 0.3) is 0 Å². The summed E-state index contributed by atoms with van der Waals surface area (Å²) in [4.78, 5) is 6.81. The van der Waals surface area contributed by atoms with Gasteiger partial charge in [-0.3, -0.25) is 0 Å². The largest absolute Gasteiger partial charge is 0.494 e. The molecule has 9 heteroatoms. The second-order valence-electron chi connectivity index (χ2n) is 17.6. The van der Waals surface area contributed by atoms with Crippen molar-refractivity contribution >= 4 is 46.1 Å². The van der Waals surface area contributed by atoms with Crippen molar-refractivity contribution in [3.8, 4) is 23.0 Å². The maximum absolute atomic E-state index is 15.3. The Hall–Kier alpha value is -2.72. The summed E-state index contributed by atoms with van der Waals surface area (Å²) in [5.41, 5.74) is 3.70. The average molecular weight is 793 g/mol. The smallest absolute Gasteiger partial charge is 0.149 e. The number of hydrogen-bond donors (Lipinski definition) is 0. The fraction of sp³-hybridized carbons (Fsp3) is 0.455. The Morgan fingerprint density at radius 3 is 0.792 bits per heavy atom. The molecule has 0 aromatic heterocycles. The number of methoxy groups -OCH3 is 4. The highest BCUT2D eigenvalue weighted by Gasteiger charge is 2.31. The van der Waals surface area contributed by atoms with Crippen LogP contribution in [-0.4, -0.2) is 32.6 Å². The molecule has 4 aromatic carbocycles. The summed E-state index contributed by atoms with van der Waals surface area (Å²) in [7, 11) is 5.11. The molecule has 53 heavy (non-hydrogen) atoms. The maximum Gasteiger partial charge on any atom is 0.149 e. The third kappa shape index (κ3) is 8.58. The van der Waals surface area contributed by atoms with Gasteiger partial charge in [0.2, 0.25) is 0 Å². The van der Waals surface area contributed by atoms with Crippen molar-refractivity contribution in [1.29, 1.82) is 0 Å². The first-order valence-corrected chi connectivity index (χ1v) is 21.5. The first kappa shape index (κ1) is 41.4. The quantitative estimate of drug-likeness (QED) is 0.178. The molecule has 0 saturated heterocycles. The molecule has 0 N–H and O–H groups in total. The van der Waals surface area contributed by atoms with Gasteiger partial charge in [0.1, 0.15) is 23.0 Å². The lowest BCUT2D eigenvalue weighted by Gasteiger charge is -2.27. The Labute approximate surface area is 333 Å². The van der Waals surface area contributed by atoms with Crippen molar-refractivity contribution in [3.05, 3.63) is 70.8 Å². The topological polar surface area (TPSA) is 54.0 Å². The second-order valence-corrected chi connectivity index (χ2v) is 22.3. The van der Waals surface area contributed by atoms with E-state index in [0.29, 0.717) is 21.3 Å². The first-order valence-electron chi connectivity index (χ1n) is 17.9. The van der Waals surface area contributed by atoms with E-state index in [9.17, 15) is 0 Å². The van der Waals surface area contributed by atoms with Crippen LogP contribution in [0.1, 0.15) is 105 Å². The number of fused-ring (bicyclic) bond motifs is 8. The molecule has 8 bridgehead atoms. The molecule has 1 aliphatic rings. The van der Waals surface area contributed by atoms with Crippen LogP contribution >= 0.6 is 35.3 Å². The molecule has 0 aliphatic carbocycles. The normalized spacial score (nSPS) is 14.2. The molecule has 5 nitrogen and oxygen atoms in total. The van der Waals surface area contributed by atoms with E-state index in [1.807, 2.05) is 12.1 Å². The number of benzene rings is 4. The van der Waals surface area contributed by atoms with Gasteiger partial charge in [-0.2, -0.15) is 0 Å². The summed E-state index contributed by atoms with van der Waals surface area (Å²) in [6.07, 6.45) is 0. The highest BCUT2D eigenvalue weighted by molar-refractivity contribution is 8.01. The van der Waals surface area contributed by atoms with Gasteiger partial charge in [-0.05, 0) is 92.4 Å². The lowest BCUT2D eigenvalue weighted by molar-refractivity contribution is 0.387. The number of ether oxygens (including phenoxy) is 4. The van der Waals surface area contributed by atoms with E-state index in [4.69, 9.17) is 18.9 Å². The Balaban J connectivity index is 2.01. The molecule has 0 spiro atoms. The Morgan fingerprint density at radius 2 is 0.585 bits per heavy atom. The van der Waals surface area contributed by atoms with Crippen molar-refractivity contribution in [3.63, 3.8) is 0 Å². The van der Waals surface area contributed by atoms with Crippen LogP contribution in [0.2, 0.25) is 0 Å². The van der Waals surface area contributed by atoms with Gasteiger partial charge in [0.25, 0.3) is 0 Å². The average Bonchev–Trinajstić information content (AvgIpc) is 3.05. The van der Waals surface area contributed by atoms with E-state index >= 15 is 4.21 Å². The van der Waals surface area contributed by atoms with Gasteiger partial charge in [0.15, 0.2) is 0 Å². The monoisotopic (exact) mass is 792 g/mol. The molecule has 0 unspecified atom stereocenters. The Bertz CT molecular complexity index is 1910. The van der Waals surface area contributed by atoms with Crippen LogP contribution < -0.4 is 18.9 Å². The van der Waals surface area contributed by atoms with E-state index in [0.717, 1.165) is 52.0 Å². The first-order chi connectivity index (χ1) is 24.5. The van der Waals surface area contributed by atoms with Gasteiger partial charge in [0.05, 0.1) is 78.4 Å². The van der Waals surface area contributed by atoms with Crippen LogP contribution in [0, 0.1) is 0 Å². The van der Waals surface area contributed by atoms with Gasteiger partial charge in [-0.15, -0.1) is 0 Å². The van der Waals surface area contributed by atoms with E-state index in [-0.39, 0.29) is 21.7 Å². The molecule has 0 atom stereocenters. The molecule has 4 aromatic rings. The van der Waals surface area contributed by atoms with E-state index in [1.165, 1.54) is 11.1 Å². The van der Waals surface area contributed by atoms with Crippen molar-refractivity contribution in [2.24, 2.45) is 0 Å². The van der Waals surface area contributed by atoms with Crippen molar-refractivity contribution in [2.45, 2.75) is 144 Å². The summed E-state index contributed by atoms with van der Waals surface area (Å²) in [5.74, 6) is 2.69. The Kier molecular flexibility index (Phi) is 11.8. The highest BCUT2D eigenvalue weighted by Crippen LogP contribution is 2.54. The highest BCUT2D eigenvalue weighted by atomic mass is 32.2. The van der Waals surface area contributed by atoms with Crippen LogP contribution in [0.15, 0.2) is 87.7 Å². The molecule has 0 radical (unpaired) electrons. The summed E-state index contributed by atoms with van der Waals surface area (Å²) >= 11 is 4.84. The Morgan fingerprint density at radius 1 is 0.377 bits per heavy atom. The molecule has 1 aliphatic heterocycles. The summed E-state index contributed by atoms with van der Waals surface area (Å²) in [6, 6.07) is 17.4. The molecular weight excluding hydrogens is 737 g/mol. The van der Waals surface area contributed by atoms with Crippen molar-refractivity contribution in [2.75, 3.05) is 28.4 Å². The van der Waals surface area contributed by atoms with Crippen LogP contribution in [0.3, 0.4) is 0 Å². The zero-order chi connectivity index (χ0) is 39.4.